The third kappa shape index (κ3) is 3.63. The second kappa shape index (κ2) is 6.93. The Kier molecular flexibility index (Phi) is 4.70. The molecular weight excluding hydrogens is 362 g/mol. The molecule has 0 aliphatic heterocycles. The van der Waals surface area contributed by atoms with Crippen molar-refractivity contribution in [2.75, 3.05) is 0 Å². The molecule has 7 nitrogen and oxygen atoms in total. The molecule has 2 aromatic heterocycles. The smallest absolute Gasteiger partial charge is 0.258 e. The summed E-state index contributed by atoms with van der Waals surface area (Å²) in [6.45, 7) is 1.77. The molecule has 0 N–H and O–H groups in total. The Balaban J connectivity index is 1.94. The van der Waals surface area contributed by atoms with Gasteiger partial charge in [-0.15, -0.1) is 11.3 Å². The normalized spacial score (nSPS) is 11.7. The minimum atomic E-state index is -0.656. The lowest BCUT2D eigenvalue weighted by Gasteiger charge is -2.06. The van der Waals surface area contributed by atoms with E-state index in [4.69, 9.17) is 11.6 Å². The Morgan fingerprint density at radius 1 is 1.28 bits per heavy atom. The van der Waals surface area contributed by atoms with Crippen LogP contribution in [0.1, 0.15) is 22.3 Å². The van der Waals surface area contributed by atoms with Gasteiger partial charge >= 0.3 is 0 Å². The number of nitriles is 1. The molecule has 9 heteroatoms. The minimum Gasteiger partial charge on any atom is -0.258 e. The molecule has 2 heterocycles. The number of non-ortho nitro benzene ring substituents is 1. The SMILES string of the molecule is Cc1cc(C(C#N)c2nc(-c3ccc([N+](=O)[O-])cc3)cs2)nc(Cl)n1. The van der Waals surface area contributed by atoms with Crippen molar-refractivity contribution in [1.82, 2.24) is 15.0 Å². The Morgan fingerprint density at radius 2 is 2.00 bits per heavy atom. The number of aromatic nitrogens is 3. The Labute approximate surface area is 151 Å². The van der Waals surface area contributed by atoms with Crippen LogP contribution in [-0.4, -0.2) is 19.9 Å². The van der Waals surface area contributed by atoms with Crippen molar-refractivity contribution in [3.8, 4) is 17.3 Å². The number of nitrogens with zero attached hydrogens (tertiary/aromatic N) is 5. The third-order valence-electron chi connectivity index (χ3n) is 3.41. The second-order valence-electron chi connectivity index (χ2n) is 5.14. The van der Waals surface area contributed by atoms with E-state index in [1.54, 1.807) is 30.5 Å². The fraction of sp³-hybridized carbons (Fsp3) is 0.125. The lowest BCUT2D eigenvalue weighted by atomic mass is 10.1. The van der Waals surface area contributed by atoms with Crippen LogP contribution in [0.2, 0.25) is 5.28 Å². The van der Waals surface area contributed by atoms with Crippen molar-refractivity contribution in [2.45, 2.75) is 12.8 Å². The van der Waals surface area contributed by atoms with Crippen molar-refractivity contribution < 1.29 is 4.92 Å². The first kappa shape index (κ1) is 17.0. The first-order valence-electron chi connectivity index (χ1n) is 7.09. The van der Waals surface area contributed by atoms with Crippen LogP contribution in [0.25, 0.3) is 11.3 Å². The summed E-state index contributed by atoms with van der Waals surface area (Å²) >= 11 is 7.20. The van der Waals surface area contributed by atoms with E-state index in [2.05, 4.69) is 21.0 Å². The van der Waals surface area contributed by atoms with E-state index in [0.717, 1.165) is 5.56 Å². The van der Waals surface area contributed by atoms with E-state index in [0.29, 0.717) is 22.1 Å². The fourth-order valence-electron chi connectivity index (χ4n) is 2.26. The van der Waals surface area contributed by atoms with Crippen LogP contribution < -0.4 is 0 Å². The number of halogens is 1. The summed E-state index contributed by atoms with van der Waals surface area (Å²) in [5.41, 5.74) is 2.56. The molecule has 25 heavy (non-hydrogen) atoms. The number of rotatable bonds is 4. The van der Waals surface area contributed by atoms with Gasteiger partial charge in [0.2, 0.25) is 5.28 Å². The van der Waals surface area contributed by atoms with E-state index >= 15 is 0 Å². The molecule has 0 spiro atoms. The van der Waals surface area contributed by atoms with E-state index in [1.165, 1.54) is 23.5 Å². The van der Waals surface area contributed by atoms with Crippen molar-refractivity contribution in [3.05, 3.63) is 67.5 Å². The molecule has 0 bridgehead atoms. The first-order valence-corrected chi connectivity index (χ1v) is 8.34. The average molecular weight is 372 g/mol. The minimum absolute atomic E-state index is 0.0141. The number of nitro benzene ring substituents is 1. The molecule has 3 rings (SSSR count). The molecule has 1 unspecified atom stereocenters. The number of thiazole rings is 1. The Hall–Kier alpha value is -2.89. The molecule has 0 aliphatic rings. The van der Waals surface area contributed by atoms with Gasteiger partial charge in [0.05, 0.1) is 22.4 Å². The lowest BCUT2D eigenvalue weighted by Crippen LogP contribution is -2.03. The molecule has 0 fully saturated rings. The van der Waals surface area contributed by atoms with Crippen LogP contribution in [0.4, 0.5) is 5.69 Å². The highest BCUT2D eigenvalue weighted by molar-refractivity contribution is 7.10. The summed E-state index contributed by atoms with van der Waals surface area (Å²) in [6.07, 6.45) is 0. The zero-order valence-corrected chi connectivity index (χ0v) is 14.5. The molecule has 0 aliphatic carbocycles. The van der Waals surface area contributed by atoms with E-state index in [-0.39, 0.29) is 11.0 Å². The van der Waals surface area contributed by atoms with Gasteiger partial charge < -0.3 is 0 Å². The van der Waals surface area contributed by atoms with Crippen LogP contribution in [0.5, 0.6) is 0 Å². The maximum Gasteiger partial charge on any atom is 0.269 e. The predicted octanol–water partition coefficient (Wildman–Crippen LogP) is 4.13. The quantitative estimate of drug-likeness (QED) is 0.388. The molecule has 0 radical (unpaired) electrons. The first-order chi connectivity index (χ1) is 12.0. The molecule has 0 saturated carbocycles. The van der Waals surface area contributed by atoms with Gasteiger partial charge in [-0.05, 0) is 36.7 Å². The number of aryl methyl sites for hydroxylation is 1. The van der Waals surface area contributed by atoms with Crippen LogP contribution >= 0.6 is 22.9 Å². The van der Waals surface area contributed by atoms with Gasteiger partial charge in [0.1, 0.15) is 10.9 Å². The summed E-state index contributed by atoms with van der Waals surface area (Å²) in [6, 6.07) is 9.99. The second-order valence-corrected chi connectivity index (χ2v) is 6.37. The zero-order chi connectivity index (χ0) is 18.0. The summed E-state index contributed by atoms with van der Waals surface area (Å²) in [5, 5.41) is 22.7. The maximum atomic E-state index is 10.7. The Morgan fingerprint density at radius 3 is 2.60 bits per heavy atom. The largest absolute Gasteiger partial charge is 0.269 e. The van der Waals surface area contributed by atoms with Crippen molar-refractivity contribution in [3.63, 3.8) is 0 Å². The number of nitro groups is 1. The van der Waals surface area contributed by atoms with Crippen molar-refractivity contribution >= 4 is 28.6 Å². The predicted molar refractivity (Wildman–Crippen MR) is 93.4 cm³/mol. The van der Waals surface area contributed by atoms with Gasteiger partial charge in [-0.2, -0.15) is 5.26 Å². The molecule has 0 amide bonds. The third-order valence-corrected chi connectivity index (χ3v) is 4.49. The van der Waals surface area contributed by atoms with E-state index in [9.17, 15) is 15.4 Å². The summed E-state index contributed by atoms with van der Waals surface area (Å²) in [5.74, 6) is -0.656. The zero-order valence-electron chi connectivity index (χ0n) is 12.9. The highest BCUT2D eigenvalue weighted by Crippen LogP contribution is 2.30. The average Bonchev–Trinajstić information content (AvgIpc) is 3.04. The lowest BCUT2D eigenvalue weighted by molar-refractivity contribution is -0.384. The summed E-state index contributed by atoms with van der Waals surface area (Å²) in [7, 11) is 0. The highest BCUT2D eigenvalue weighted by atomic mass is 35.5. The fourth-order valence-corrected chi connectivity index (χ4v) is 3.37. The van der Waals surface area contributed by atoms with E-state index < -0.39 is 10.8 Å². The Bertz CT molecular complexity index is 961. The van der Waals surface area contributed by atoms with Gasteiger partial charge in [-0.1, -0.05) is 0 Å². The maximum absolute atomic E-state index is 10.7. The number of benzene rings is 1. The topological polar surface area (TPSA) is 106 Å². The molecule has 1 aromatic carbocycles. The van der Waals surface area contributed by atoms with Crippen LogP contribution in [-0.2, 0) is 0 Å². The summed E-state index contributed by atoms with van der Waals surface area (Å²) in [4.78, 5) is 22.9. The monoisotopic (exact) mass is 371 g/mol. The van der Waals surface area contributed by atoms with Crippen molar-refractivity contribution in [2.24, 2.45) is 0 Å². The van der Waals surface area contributed by atoms with Gasteiger partial charge in [-0.25, -0.2) is 15.0 Å². The van der Waals surface area contributed by atoms with Gasteiger partial charge in [0.15, 0.2) is 0 Å². The number of hydrogen-bond donors (Lipinski definition) is 0. The standard InChI is InChI=1S/C16H10ClN5O2S/c1-9-6-13(21-16(17)19-9)12(7-18)15-20-14(8-25-15)10-2-4-11(5-3-10)22(23)24/h2-6,8,12H,1H3. The van der Waals surface area contributed by atoms with Crippen LogP contribution in [0, 0.1) is 28.4 Å². The molecular formula is C16H10ClN5O2S. The molecule has 1 atom stereocenters. The van der Waals surface area contributed by atoms with Crippen LogP contribution in [0.3, 0.4) is 0 Å². The molecule has 0 saturated heterocycles. The van der Waals surface area contributed by atoms with Gasteiger partial charge in [-0.3, -0.25) is 10.1 Å². The summed E-state index contributed by atoms with van der Waals surface area (Å²) < 4.78 is 0. The highest BCUT2D eigenvalue weighted by Gasteiger charge is 2.21. The molecule has 3 aromatic rings. The molecule has 124 valence electrons. The van der Waals surface area contributed by atoms with Gasteiger partial charge in [0.25, 0.3) is 5.69 Å². The van der Waals surface area contributed by atoms with E-state index in [1.807, 2.05) is 0 Å². The van der Waals surface area contributed by atoms with Gasteiger partial charge in [0, 0.05) is 28.8 Å². The van der Waals surface area contributed by atoms with Crippen LogP contribution in [0.15, 0.2) is 35.7 Å². The van der Waals surface area contributed by atoms with Crippen molar-refractivity contribution in [1.29, 1.82) is 5.26 Å². The number of hydrogen-bond acceptors (Lipinski definition) is 7.